The van der Waals surface area contributed by atoms with E-state index in [0.29, 0.717) is 5.69 Å². The van der Waals surface area contributed by atoms with E-state index in [4.69, 9.17) is 0 Å². The maximum Gasteiger partial charge on any atom is 0.259 e. The van der Waals surface area contributed by atoms with Crippen molar-refractivity contribution in [3.05, 3.63) is 71.1 Å². The van der Waals surface area contributed by atoms with Crippen LogP contribution in [0.3, 0.4) is 0 Å². The van der Waals surface area contributed by atoms with Crippen LogP contribution >= 0.6 is 0 Å². The molecular weight excluding hydrogens is 269 g/mol. The molecule has 2 aromatic carbocycles. The molecule has 0 aliphatic heterocycles. The molecule has 1 aliphatic rings. The van der Waals surface area contributed by atoms with Crippen LogP contribution in [0.15, 0.2) is 48.6 Å². The maximum atomic E-state index is 13.3. The molecule has 3 nitrogen and oxygen atoms in total. The van der Waals surface area contributed by atoms with Crippen LogP contribution < -0.4 is 5.32 Å². The molecule has 0 saturated carbocycles. The Kier molecular flexibility index (Phi) is 3.22. The first-order valence-corrected chi connectivity index (χ1v) is 6.63. The summed E-state index contributed by atoms with van der Waals surface area (Å²) in [5.41, 5.74) is 2.35. The fourth-order valence-corrected chi connectivity index (χ4v) is 2.21. The van der Waals surface area contributed by atoms with Gasteiger partial charge < -0.3 is 10.4 Å². The van der Waals surface area contributed by atoms with Gasteiger partial charge in [-0.3, -0.25) is 4.79 Å². The van der Waals surface area contributed by atoms with Gasteiger partial charge in [0.1, 0.15) is 11.6 Å². The smallest absolute Gasteiger partial charge is 0.259 e. The van der Waals surface area contributed by atoms with Crippen molar-refractivity contribution in [3.8, 4) is 5.75 Å². The van der Waals surface area contributed by atoms with E-state index < -0.39 is 5.91 Å². The predicted octanol–water partition coefficient (Wildman–Crippen LogP) is 3.75. The number of carbonyl (C=O) groups is 1. The topological polar surface area (TPSA) is 49.3 Å². The van der Waals surface area contributed by atoms with Gasteiger partial charge in [-0.1, -0.05) is 23.8 Å². The average Bonchev–Trinajstić information content (AvgIpc) is 3.28. The highest BCUT2D eigenvalue weighted by Gasteiger charge is 2.20. The van der Waals surface area contributed by atoms with Crippen molar-refractivity contribution in [1.29, 1.82) is 0 Å². The number of benzene rings is 2. The average molecular weight is 283 g/mol. The first-order valence-electron chi connectivity index (χ1n) is 6.63. The molecule has 0 spiro atoms. The first-order chi connectivity index (χ1) is 10.0. The summed E-state index contributed by atoms with van der Waals surface area (Å²) >= 11 is 0. The molecule has 0 fully saturated rings. The van der Waals surface area contributed by atoms with Gasteiger partial charge in [-0.2, -0.15) is 0 Å². The number of rotatable bonds is 3. The van der Waals surface area contributed by atoms with Crippen LogP contribution in [-0.4, -0.2) is 11.0 Å². The molecule has 0 atom stereocenters. The fraction of sp³-hybridized carbons (Fsp3) is 0.118. The number of nitrogens with one attached hydrogen (secondary N) is 1. The second kappa shape index (κ2) is 5.05. The van der Waals surface area contributed by atoms with Crippen LogP contribution in [0.4, 0.5) is 10.1 Å². The predicted molar refractivity (Wildman–Crippen MR) is 79.1 cm³/mol. The van der Waals surface area contributed by atoms with Crippen LogP contribution in [0.25, 0.3) is 0 Å². The van der Waals surface area contributed by atoms with Gasteiger partial charge in [-0.05, 0) is 42.8 Å². The number of halogens is 1. The number of aryl methyl sites for hydroxylation is 1. The zero-order valence-electron chi connectivity index (χ0n) is 11.4. The van der Waals surface area contributed by atoms with Crippen LogP contribution in [0, 0.1) is 12.7 Å². The molecule has 106 valence electrons. The van der Waals surface area contributed by atoms with Crippen molar-refractivity contribution < 1.29 is 14.3 Å². The molecule has 1 aliphatic carbocycles. The van der Waals surface area contributed by atoms with Gasteiger partial charge in [0.2, 0.25) is 0 Å². The highest BCUT2D eigenvalue weighted by Crippen LogP contribution is 2.35. The number of allylic oxidation sites excluding steroid dienone is 2. The summed E-state index contributed by atoms with van der Waals surface area (Å²) in [6.45, 7) is 1.84. The lowest BCUT2D eigenvalue weighted by atomic mass is 10.1. The Hall–Kier alpha value is -2.62. The van der Waals surface area contributed by atoms with Gasteiger partial charge in [0.15, 0.2) is 0 Å². The van der Waals surface area contributed by atoms with E-state index in [0.717, 1.165) is 11.1 Å². The summed E-state index contributed by atoms with van der Waals surface area (Å²) in [4.78, 5) is 12.3. The molecule has 0 bridgehead atoms. The van der Waals surface area contributed by atoms with Crippen molar-refractivity contribution >= 4 is 11.6 Å². The van der Waals surface area contributed by atoms with Crippen LogP contribution in [0.5, 0.6) is 5.75 Å². The molecule has 21 heavy (non-hydrogen) atoms. The SMILES string of the molecule is Cc1ccc(O)c(C(=O)Nc2ccc(F)cc2C2C=C2)c1. The number of phenolic OH excluding ortho intramolecular Hbond substituents is 1. The summed E-state index contributed by atoms with van der Waals surface area (Å²) < 4.78 is 13.3. The summed E-state index contributed by atoms with van der Waals surface area (Å²) in [6.07, 6.45) is 3.85. The van der Waals surface area contributed by atoms with Crippen molar-refractivity contribution in [1.82, 2.24) is 0 Å². The molecule has 4 heteroatoms. The van der Waals surface area contributed by atoms with Gasteiger partial charge in [0, 0.05) is 11.6 Å². The molecule has 1 amide bonds. The molecule has 0 unspecified atom stereocenters. The summed E-state index contributed by atoms with van der Waals surface area (Å²) in [5.74, 6) is -0.756. The third kappa shape index (κ3) is 2.79. The third-order valence-electron chi connectivity index (χ3n) is 3.40. The van der Waals surface area contributed by atoms with Crippen LogP contribution in [0.1, 0.15) is 27.4 Å². The number of phenols is 1. The van der Waals surface area contributed by atoms with Gasteiger partial charge in [-0.25, -0.2) is 4.39 Å². The lowest BCUT2D eigenvalue weighted by molar-refractivity contribution is 0.102. The molecule has 0 radical (unpaired) electrons. The second-order valence-electron chi connectivity index (χ2n) is 5.12. The number of carbonyl (C=O) groups excluding carboxylic acids is 1. The number of hydrogen-bond acceptors (Lipinski definition) is 2. The summed E-state index contributed by atoms with van der Waals surface area (Å²) in [6, 6.07) is 9.08. The lowest BCUT2D eigenvalue weighted by Crippen LogP contribution is -2.13. The lowest BCUT2D eigenvalue weighted by Gasteiger charge is -2.12. The van der Waals surface area contributed by atoms with Crippen LogP contribution in [0.2, 0.25) is 0 Å². The fourth-order valence-electron chi connectivity index (χ4n) is 2.21. The van der Waals surface area contributed by atoms with Crippen molar-refractivity contribution in [2.75, 3.05) is 5.32 Å². The molecule has 0 aromatic heterocycles. The van der Waals surface area contributed by atoms with Gasteiger partial charge in [-0.15, -0.1) is 0 Å². The van der Waals surface area contributed by atoms with E-state index in [2.05, 4.69) is 5.32 Å². The number of amides is 1. The molecule has 0 heterocycles. The van der Waals surface area contributed by atoms with E-state index in [1.807, 2.05) is 19.1 Å². The van der Waals surface area contributed by atoms with E-state index in [9.17, 15) is 14.3 Å². The zero-order valence-corrected chi connectivity index (χ0v) is 11.4. The Balaban J connectivity index is 1.90. The Morgan fingerprint density at radius 2 is 1.95 bits per heavy atom. The molecule has 2 aromatic rings. The second-order valence-corrected chi connectivity index (χ2v) is 5.12. The number of hydrogen-bond donors (Lipinski definition) is 2. The quantitative estimate of drug-likeness (QED) is 0.843. The molecular formula is C17H14FNO2. The highest BCUT2D eigenvalue weighted by atomic mass is 19.1. The van der Waals surface area contributed by atoms with Gasteiger partial charge in [0.05, 0.1) is 5.56 Å². The maximum absolute atomic E-state index is 13.3. The largest absolute Gasteiger partial charge is 0.507 e. The highest BCUT2D eigenvalue weighted by molar-refractivity contribution is 6.06. The van der Waals surface area contributed by atoms with Gasteiger partial charge >= 0.3 is 0 Å². The Labute approximate surface area is 121 Å². The molecule has 3 rings (SSSR count). The monoisotopic (exact) mass is 283 g/mol. The Bertz CT molecular complexity index is 746. The summed E-state index contributed by atoms with van der Waals surface area (Å²) in [5, 5.41) is 12.5. The summed E-state index contributed by atoms with van der Waals surface area (Å²) in [7, 11) is 0. The Morgan fingerprint density at radius 1 is 1.19 bits per heavy atom. The third-order valence-corrected chi connectivity index (χ3v) is 3.40. The van der Waals surface area contributed by atoms with Crippen molar-refractivity contribution in [2.24, 2.45) is 0 Å². The van der Waals surface area contributed by atoms with Crippen molar-refractivity contribution in [3.63, 3.8) is 0 Å². The molecule has 2 N–H and O–H groups in total. The number of anilines is 1. The van der Waals surface area contributed by atoms with E-state index in [1.165, 1.54) is 24.3 Å². The standard InChI is InChI=1S/C17H14FNO2/c1-10-2-7-16(20)14(8-10)17(21)19-15-6-5-12(18)9-13(15)11-3-4-11/h2-9,11,20H,1H3,(H,19,21). The normalized spacial score (nSPS) is 13.2. The van der Waals surface area contributed by atoms with Crippen LogP contribution in [-0.2, 0) is 0 Å². The minimum absolute atomic E-state index is 0.0714. The van der Waals surface area contributed by atoms with Crippen molar-refractivity contribution in [2.45, 2.75) is 12.8 Å². The molecule has 0 saturated heterocycles. The zero-order chi connectivity index (χ0) is 15.0. The minimum Gasteiger partial charge on any atom is -0.507 e. The first kappa shape index (κ1) is 13.4. The Morgan fingerprint density at radius 3 is 2.67 bits per heavy atom. The minimum atomic E-state index is -0.412. The number of aromatic hydroxyl groups is 1. The van der Waals surface area contributed by atoms with E-state index >= 15 is 0 Å². The van der Waals surface area contributed by atoms with E-state index in [-0.39, 0.29) is 23.0 Å². The van der Waals surface area contributed by atoms with Gasteiger partial charge in [0.25, 0.3) is 5.91 Å². The van der Waals surface area contributed by atoms with E-state index in [1.54, 1.807) is 12.1 Å².